The van der Waals surface area contributed by atoms with Crippen LogP contribution in [-0.4, -0.2) is 47.4 Å². The van der Waals surface area contributed by atoms with Crippen molar-refractivity contribution in [3.05, 3.63) is 66.5 Å². The average molecular weight is 405 g/mol. The molecule has 1 aromatic heterocycles. The summed E-state index contributed by atoms with van der Waals surface area (Å²) in [5, 5.41) is 13.2. The first-order valence-electron chi connectivity index (χ1n) is 10.7. The molecule has 0 amide bonds. The number of para-hydroxylation sites is 2. The third-order valence-corrected chi connectivity index (χ3v) is 6.67. The van der Waals surface area contributed by atoms with Crippen molar-refractivity contribution >= 4 is 10.8 Å². The molecule has 156 valence electrons. The fourth-order valence-corrected chi connectivity index (χ4v) is 5.19. The van der Waals surface area contributed by atoms with E-state index in [1.807, 2.05) is 36.7 Å². The first-order chi connectivity index (χ1) is 14.7. The van der Waals surface area contributed by atoms with Gasteiger partial charge in [-0.1, -0.05) is 30.3 Å². The first-order valence-corrected chi connectivity index (χ1v) is 10.7. The number of nitrogens with zero attached hydrogens (tertiary/aromatic N) is 2. The van der Waals surface area contributed by atoms with Gasteiger partial charge in [0.2, 0.25) is 0 Å². The lowest BCUT2D eigenvalue weighted by Crippen LogP contribution is -2.42. The van der Waals surface area contributed by atoms with E-state index in [0.29, 0.717) is 23.3 Å². The largest absolute Gasteiger partial charge is 0.493 e. The van der Waals surface area contributed by atoms with E-state index in [1.54, 1.807) is 7.11 Å². The Morgan fingerprint density at radius 2 is 1.80 bits per heavy atom. The molecule has 1 aliphatic carbocycles. The SMILES string of the molecule is COc1ccccc1O[C@@H]1C[C@@H]2CN(Cc3cccc4cnccc34)C[C@@H]2C[C@H]1O. The maximum absolute atomic E-state index is 10.8. The summed E-state index contributed by atoms with van der Waals surface area (Å²) < 4.78 is 11.6. The molecule has 1 N–H and O–H groups in total. The normalized spacial score (nSPS) is 26.5. The fraction of sp³-hybridized carbons (Fsp3) is 0.400. The Balaban J connectivity index is 1.27. The van der Waals surface area contributed by atoms with Crippen LogP contribution >= 0.6 is 0 Å². The minimum absolute atomic E-state index is 0.189. The van der Waals surface area contributed by atoms with E-state index in [1.165, 1.54) is 16.3 Å². The summed E-state index contributed by atoms with van der Waals surface area (Å²) in [6.07, 6.45) is 4.83. The number of rotatable bonds is 5. The van der Waals surface area contributed by atoms with Crippen LogP contribution in [0.5, 0.6) is 11.5 Å². The van der Waals surface area contributed by atoms with Crippen LogP contribution in [0.3, 0.4) is 0 Å². The zero-order chi connectivity index (χ0) is 20.5. The van der Waals surface area contributed by atoms with Gasteiger partial charge in [0.05, 0.1) is 13.2 Å². The predicted octanol–water partition coefficient (Wildman–Crippen LogP) is 3.89. The summed E-state index contributed by atoms with van der Waals surface area (Å²) in [5.41, 5.74) is 1.34. The Kier molecular flexibility index (Phi) is 5.32. The van der Waals surface area contributed by atoms with Gasteiger partial charge in [-0.15, -0.1) is 0 Å². The van der Waals surface area contributed by atoms with E-state index >= 15 is 0 Å². The fourth-order valence-electron chi connectivity index (χ4n) is 5.19. The Labute approximate surface area is 177 Å². The molecular formula is C25H28N2O3. The molecule has 1 saturated carbocycles. The molecule has 2 heterocycles. The number of likely N-dealkylation sites (tertiary alicyclic amines) is 1. The minimum Gasteiger partial charge on any atom is -0.493 e. The maximum atomic E-state index is 10.8. The van der Waals surface area contributed by atoms with Gasteiger partial charge in [0.25, 0.3) is 0 Å². The number of aliphatic hydroxyl groups excluding tert-OH is 1. The molecule has 30 heavy (non-hydrogen) atoms. The Morgan fingerprint density at radius 1 is 1.00 bits per heavy atom. The lowest BCUT2D eigenvalue weighted by Gasteiger charge is -2.35. The van der Waals surface area contributed by atoms with E-state index in [2.05, 4.69) is 34.1 Å². The zero-order valence-electron chi connectivity index (χ0n) is 17.3. The van der Waals surface area contributed by atoms with Gasteiger partial charge >= 0.3 is 0 Å². The number of aromatic nitrogens is 1. The van der Waals surface area contributed by atoms with Crippen LogP contribution in [0.2, 0.25) is 0 Å². The monoisotopic (exact) mass is 404 g/mol. The van der Waals surface area contributed by atoms with Gasteiger partial charge in [-0.05, 0) is 53.8 Å². The minimum atomic E-state index is -0.445. The Morgan fingerprint density at radius 3 is 2.63 bits per heavy atom. The second-order valence-electron chi connectivity index (χ2n) is 8.57. The number of aliphatic hydroxyl groups is 1. The molecule has 0 unspecified atom stereocenters. The van der Waals surface area contributed by atoms with Crippen LogP contribution in [0.4, 0.5) is 0 Å². The first kappa shape index (κ1) is 19.3. The molecule has 4 atom stereocenters. The van der Waals surface area contributed by atoms with Crippen LogP contribution in [0, 0.1) is 11.8 Å². The van der Waals surface area contributed by atoms with Gasteiger partial charge in [-0.2, -0.15) is 0 Å². The molecule has 2 aromatic carbocycles. The highest BCUT2D eigenvalue weighted by molar-refractivity contribution is 5.84. The number of hydrogen-bond donors (Lipinski definition) is 1. The van der Waals surface area contributed by atoms with Crippen LogP contribution in [0.25, 0.3) is 10.8 Å². The van der Waals surface area contributed by atoms with E-state index in [0.717, 1.165) is 32.5 Å². The molecule has 0 bridgehead atoms. The summed E-state index contributed by atoms with van der Waals surface area (Å²) in [6, 6.07) is 16.2. The molecule has 5 nitrogen and oxygen atoms in total. The topological polar surface area (TPSA) is 54.8 Å². The van der Waals surface area contributed by atoms with Gasteiger partial charge < -0.3 is 14.6 Å². The Bertz CT molecular complexity index is 1020. The second kappa shape index (κ2) is 8.25. The average Bonchev–Trinajstić information content (AvgIpc) is 3.15. The summed E-state index contributed by atoms with van der Waals surface area (Å²) >= 11 is 0. The molecule has 3 aromatic rings. The lowest BCUT2D eigenvalue weighted by atomic mass is 9.78. The number of fused-ring (bicyclic) bond motifs is 2. The number of benzene rings is 2. The maximum Gasteiger partial charge on any atom is 0.161 e. The molecule has 0 radical (unpaired) electrons. The molecule has 2 fully saturated rings. The van der Waals surface area contributed by atoms with Gasteiger partial charge in [0.1, 0.15) is 6.10 Å². The summed E-state index contributed by atoms with van der Waals surface area (Å²) in [4.78, 5) is 6.77. The summed E-state index contributed by atoms with van der Waals surface area (Å²) in [6.45, 7) is 3.01. The molecule has 2 aliphatic rings. The van der Waals surface area contributed by atoms with Crippen molar-refractivity contribution < 1.29 is 14.6 Å². The zero-order valence-corrected chi connectivity index (χ0v) is 17.3. The Hall–Kier alpha value is -2.63. The highest BCUT2D eigenvalue weighted by Gasteiger charge is 2.42. The molecular weight excluding hydrogens is 376 g/mol. The van der Waals surface area contributed by atoms with Crippen LogP contribution in [-0.2, 0) is 6.54 Å². The number of hydrogen-bond acceptors (Lipinski definition) is 5. The van der Waals surface area contributed by atoms with Gasteiger partial charge in [0.15, 0.2) is 11.5 Å². The summed E-state index contributed by atoms with van der Waals surface area (Å²) in [7, 11) is 1.65. The van der Waals surface area contributed by atoms with Crippen LogP contribution < -0.4 is 9.47 Å². The lowest BCUT2D eigenvalue weighted by molar-refractivity contribution is -0.0240. The van der Waals surface area contributed by atoms with Crippen LogP contribution in [0.1, 0.15) is 18.4 Å². The third-order valence-electron chi connectivity index (χ3n) is 6.67. The van der Waals surface area contributed by atoms with Crippen molar-refractivity contribution in [3.8, 4) is 11.5 Å². The number of methoxy groups -OCH3 is 1. The number of ether oxygens (including phenoxy) is 2. The predicted molar refractivity (Wildman–Crippen MR) is 117 cm³/mol. The van der Waals surface area contributed by atoms with Gasteiger partial charge in [-0.25, -0.2) is 0 Å². The van der Waals surface area contributed by atoms with Crippen LogP contribution in [0.15, 0.2) is 60.9 Å². The second-order valence-corrected chi connectivity index (χ2v) is 8.57. The number of pyridine rings is 1. The van der Waals surface area contributed by atoms with Crippen molar-refractivity contribution in [2.24, 2.45) is 11.8 Å². The van der Waals surface area contributed by atoms with Gasteiger partial charge in [0, 0.05) is 37.4 Å². The third kappa shape index (κ3) is 3.75. The van der Waals surface area contributed by atoms with Crippen molar-refractivity contribution in [3.63, 3.8) is 0 Å². The smallest absolute Gasteiger partial charge is 0.161 e. The van der Waals surface area contributed by atoms with Crippen molar-refractivity contribution in [2.75, 3.05) is 20.2 Å². The van der Waals surface area contributed by atoms with E-state index < -0.39 is 6.10 Å². The standard InChI is InChI=1S/C25H28N2O3/c1-29-23-7-2-3-8-24(23)30-25-12-20-16-27(15-19(20)11-22(25)28)14-18-6-4-5-17-13-26-10-9-21(17)18/h2-10,13,19-20,22,25,28H,11-12,14-16H2,1H3/t19-,20+,22+,25+/m0/s1. The van der Waals surface area contributed by atoms with E-state index in [9.17, 15) is 5.11 Å². The van der Waals surface area contributed by atoms with Gasteiger partial charge in [-0.3, -0.25) is 9.88 Å². The van der Waals surface area contributed by atoms with Crippen molar-refractivity contribution in [2.45, 2.75) is 31.6 Å². The molecule has 5 rings (SSSR count). The molecule has 0 spiro atoms. The van der Waals surface area contributed by atoms with Crippen molar-refractivity contribution in [1.82, 2.24) is 9.88 Å². The van der Waals surface area contributed by atoms with Crippen molar-refractivity contribution in [1.29, 1.82) is 0 Å². The molecule has 5 heteroatoms. The highest BCUT2D eigenvalue weighted by Crippen LogP contribution is 2.40. The summed E-state index contributed by atoms with van der Waals surface area (Å²) in [5.74, 6) is 2.49. The molecule has 1 saturated heterocycles. The quantitative estimate of drug-likeness (QED) is 0.699. The van der Waals surface area contributed by atoms with E-state index in [4.69, 9.17) is 9.47 Å². The molecule has 1 aliphatic heterocycles. The highest BCUT2D eigenvalue weighted by atomic mass is 16.5. The van der Waals surface area contributed by atoms with E-state index in [-0.39, 0.29) is 6.10 Å².